The molecule has 1 atom stereocenters. The molecule has 20 heavy (non-hydrogen) atoms. The summed E-state index contributed by atoms with van der Waals surface area (Å²) in [4.78, 5) is 0.433. The fourth-order valence-electron chi connectivity index (χ4n) is 3.02. The molecule has 0 radical (unpaired) electrons. The Hall–Kier alpha value is -1.61. The van der Waals surface area contributed by atoms with Gasteiger partial charge in [0.2, 0.25) is 0 Å². The van der Waals surface area contributed by atoms with Crippen molar-refractivity contribution in [1.29, 1.82) is 0 Å². The van der Waals surface area contributed by atoms with Gasteiger partial charge in [0, 0.05) is 0 Å². The lowest BCUT2D eigenvalue weighted by Crippen LogP contribution is -2.19. The highest BCUT2D eigenvalue weighted by Gasteiger charge is 2.26. The van der Waals surface area contributed by atoms with Gasteiger partial charge in [0.05, 0.1) is 10.6 Å². The largest absolute Gasteiger partial charge is 0.224 e. The lowest BCUT2D eigenvalue weighted by molar-refractivity contribution is 0.558. The van der Waals surface area contributed by atoms with Crippen LogP contribution in [0.3, 0.4) is 0 Å². The summed E-state index contributed by atoms with van der Waals surface area (Å²) in [5.74, 6) is 0.346. The summed E-state index contributed by atoms with van der Waals surface area (Å²) in [5.41, 5.74) is 2.53. The molecule has 0 bridgehead atoms. The van der Waals surface area contributed by atoms with E-state index in [-0.39, 0.29) is 11.7 Å². The number of hydrogen-bond donors (Lipinski definition) is 0. The SMILES string of the molecule is O=S(=O)(C[C@H]1CCCc2ccccc21)c1ccccc1. The van der Waals surface area contributed by atoms with E-state index in [2.05, 4.69) is 12.1 Å². The van der Waals surface area contributed by atoms with Crippen molar-refractivity contribution in [2.75, 3.05) is 5.75 Å². The van der Waals surface area contributed by atoms with E-state index in [1.165, 1.54) is 11.1 Å². The summed E-state index contributed by atoms with van der Waals surface area (Å²) >= 11 is 0. The molecular weight excluding hydrogens is 268 g/mol. The Kier molecular flexibility index (Phi) is 3.62. The summed E-state index contributed by atoms with van der Waals surface area (Å²) in [6, 6.07) is 17.0. The fourth-order valence-corrected chi connectivity index (χ4v) is 4.66. The molecule has 0 saturated carbocycles. The molecule has 0 aromatic heterocycles. The summed E-state index contributed by atoms with van der Waals surface area (Å²) in [7, 11) is -3.20. The van der Waals surface area contributed by atoms with Gasteiger partial charge in [-0.2, -0.15) is 0 Å². The highest BCUT2D eigenvalue weighted by molar-refractivity contribution is 7.91. The van der Waals surface area contributed by atoms with Crippen LogP contribution in [0.1, 0.15) is 29.9 Å². The minimum atomic E-state index is -3.20. The zero-order chi connectivity index (χ0) is 14.0. The van der Waals surface area contributed by atoms with Crippen LogP contribution in [0.4, 0.5) is 0 Å². The molecule has 2 aromatic carbocycles. The summed E-state index contributed by atoms with van der Waals surface area (Å²) in [5, 5.41) is 0. The zero-order valence-corrected chi connectivity index (χ0v) is 12.1. The van der Waals surface area contributed by atoms with Gasteiger partial charge in [0.15, 0.2) is 9.84 Å². The maximum Gasteiger partial charge on any atom is 0.178 e. The first kappa shape index (κ1) is 13.4. The first-order valence-corrected chi connectivity index (χ1v) is 8.68. The number of fused-ring (bicyclic) bond motifs is 1. The number of sulfone groups is 1. The van der Waals surface area contributed by atoms with Crippen LogP contribution in [-0.4, -0.2) is 14.2 Å². The predicted molar refractivity (Wildman–Crippen MR) is 80.6 cm³/mol. The van der Waals surface area contributed by atoms with Crippen LogP contribution in [0.5, 0.6) is 0 Å². The van der Waals surface area contributed by atoms with E-state index in [1.54, 1.807) is 24.3 Å². The van der Waals surface area contributed by atoms with E-state index in [0.29, 0.717) is 4.90 Å². The number of rotatable bonds is 3. The van der Waals surface area contributed by atoms with Gasteiger partial charge in [-0.1, -0.05) is 42.5 Å². The van der Waals surface area contributed by atoms with Gasteiger partial charge >= 0.3 is 0 Å². The third-order valence-electron chi connectivity index (χ3n) is 4.02. The van der Waals surface area contributed by atoms with Crippen molar-refractivity contribution in [1.82, 2.24) is 0 Å². The quantitative estimate of drug-likeness (QED) is 0.864. The van der Waals surface area contributed by atoms with Crippen molar-refractivity contribution in [2.45, 2.75) is 30.1 Å². The predicted octanol–water partition coefficient (Wildman–Crippen LogP) is 3.58. The third kappa shape index (κ3) is 2.63. The first-order chi connectivity index (χ1) is 9.67. The topological polar surface area (TPSA) is 34.1 Å². The van der Waals surface area contributed by atoms with Crippen molar-refractivity contribution in [3.05, 3.63) is 65.7 Å². The second kappa shape index (κ2) is 5.41. The van der Waals surface area contributed by atoms with Crippen molar-refractivity contribution in [2.24, 2.45) is 0 Å². The van der Waals surface area contributed by atoms with E-state index in [1.807, 2.05) is 18.2 Å². The Bertz CT molecular complexity index is 690. The molecule has 1 aliphatic rings. The summed E-state index contributed by atoms with van der Waals surface area (Å²) < 4.78 is 25.0. The fraction of sp³-hybridized carbons (Fsp3) is 0.294. The molecule has 2 aromatic rings. The third-order valence-corrected chi connectivity index (χ3v) is 5.85. The molecule has 3 heteroatoms. The Labute approximate surface area is 120 Å². The van der Waals surface area contributed by atoms with Gasteiger partial charge < -0.3 is 0 Å². The van der Waals surface area contributed by atoms with Crippen molar-refractivity contribution < 1.29 is 8.42 Å². The van der Waals surface area contributed by atoms with Gasteiger partial charge in [-0.15, -0.1) is 0 Å². The lowest BCUT2D eigenvalue weighted by Gasteiger charge is -2.25. The summed E-state index contributed by atoms with van der Waals surface area (Å²) in [6.07, 6.45) is 3.10. The minimum Gasteiger partial charge on any atom is -0.224 e. The van der Waals surface area contributed by atoms with Crippen molar-refractivity contribution in [3.8, 4) is 0 Å². The molecule has 0 saturated heterocycles. The van der Waals surface area contributed by atoms with E-state index in [9.17, 15) is 8.42 Å². The van der Waals surface area contributed by atoms with Crippen LogP contribution in [0.15, 0.2) is 59.5 Å². The van der Waals surface area contributed by atoms with E-state index >= 15 is 0 Å². The molecule has 1 aliphatic carbocycles. The standard InChI is InChI=1S/C17H18O2S/c18-20(19,16-10-2-1-3-11-16)13-15-9-6-8-14-7-4-5-12-17(14)15/h1-5,7,10-12,15H,6,8-9,13H2/t15-/m1/s1. The Morgan fingerprint density at radius 1 is 0.950 bits per heavy atom. The van der Waals surface area contributed by atoms with Gasteiger partial charge in [0.25, 0.3) is 0 Å². The smallest absolute Gasteiger partial charge is 0.178 e. The molecule has 0 heterocycles. The van der Waals surface area contributed by atoms with Crippen LogP contribution < -0.4 is 0 Å². The minimum absolute atomic E-state index is 0.130. The molecule has 0 amide bonds. The number of aryl methyl sites for hydroxylation is 1. The lowest BCUT2D eigenvalue weighted by atomic mass is 9.84. The first-order valence-electron chi connectivity index (χ1n) is 7.02. The second-order valence-corrected chi connectivity index (χ2v) is 7.42. The molecular formula is C17H18O2S. The van der Waals surface area contributed by atoms with Crippen LogP contribution >= 0.6 is 0 Å². The van der Waals surface area contributed by atoms with Gasteiger partial charge in [-0.25, -0.2) is 8.42 Å². The van der Waals surface area contributed by atoms with Gasteiger partial charge in [0.1, 0.15) is 0 Å². The van der Waals surface area contributed by atoms with Crippen LogP contribution in [0.25, 0.3) is 0 Å². The average Bonchev–Trinajstić information content (AvgIpc) is 2.48. The van der Waals surface area contributed by atoms with Gasteiger partial charge in [-0.3, -0.25) is 0 Å². The monoisotopic (exact) mass is 286 g/mol. The molecule has 2 nitrogen and oxygen atoms in total. The van der Waals surface area contributed by atoms with E-state index in [0.717, 1.165) is 19.3 Å². The molecule has 0 N–H and O–H groups in total. The maximum atomic E-state index is 12.5. The van der Waals surface area contributed by atoms with Crippen LogP contribution in [0, 0.1) is 0 Å². The van der Waals surface area contributed by atoms with E-state index < -0.39 is 9.84 Å². The normalized spacial score (nSPS) is 18.5. The molecule has 0 unspecified atom stereocenters. The summed E-state index contributed by atoms with van der Waals surface area (Å²) in [6.45, 7) is 0. The number of hydrogen-bond acceptors (Lipinski definition) is 2. The zero-order valence-electron chi connectivity index (χ0n) is 11.3. The Morgan fingerprint density at radius 2 is 1.65 bits per heavy atom. The number of benzene rings is 2. The van der Waals surface area contributed by atoms with Crippen molar-refractivity contribution in [3.63, 3.8) is 0 Å². The Morgan fingerprint density at radius 3 is 2.45 bits per heavy atom. The second-order valence-electron chi connectivity index (χ2n) is 5.38. The maximum absolute atomic E-state index is 12.5. The van der Waals surface area contributed by atoms with E-state index in [4.69, 9.17) is 0 Å². The molecule has 0 aliphatic heterocycles. The van der Waals surface area contributed by atoms with Gasteiger partial charge in [-0.05, 0) is 48.4 Å². The highest BCUT2D eigenvalue weighted by atomic mass is 32.2. The van der Waals surface area contributed by atoms with Crippen molar-refractivity contribution >= 4 is 9.84 Å². The Balaban J connectivity index is 1.90. The average molecular weight is 286 g/mol. The highest BCUT2D eigenvalue weighted by Crippen LogP contribution is 2.33. The molecule has 104 valence electrons. The van der Waals surface area contributed by atoms with Crippen LogP contribution in [0.2, 0.25) is 0 Å². The van der Waals surface area contributed by atoms with Crippen LogP contribution in [-0.2, 0) is 16.3 Å². The molecule has 3 rings (SSSR count). The molecule has 0 fully saturated rings. The molecule has 0 spiro atoms.